The van der Waals surface area contributed by atoms with Crippen LogP contribution in [0.1, 0.15) is 42.7 Å². The van der Waals surface area contributed by atoms with Gasteiger partial charge in [0.05, 0.1) is 5.92 Å². The molecule has 0 radical (unpaired) electrons. The molecule has 20 heavy (non-hydrogen) atoms. The number of amides is 1. The van der Waals surface area contributed by atoms with Gasteiger partial charge in [0.1, 0.15) is 0 Å². The Morgan fingerprint density at radius 3 is 2.85 bits per heavy atom. The van der Waals surface area contributed by atoms with Gasteiger partial charge in [-0.05, 0) is 29.9 Å². The smallest absolute Gasteiger partial charge is 0.231 e. The van der Waals surface area contributed by atoms with Gasteiger partial charge in [-0.25, -0.2) is 0 Å². The second kappa shape index (κ2) is 5.96. The molecule has 0 saturated heterocycles. The highest BCUT2D eigenvalue weighted by Crippen LogP contribution is 2.28. The maximum atomic E-state index is 12.7. The van der Waals surface area contributed by atoms with Crippen LogP contribution in [0.15, 0.2) is 24.3 Å². The van der Waals surface area contributed by atoms with E-state index in [9.17, 15) is 4.79 Å². The summed E-state index contributed by atoms with van der Waals surface area (Å²) in [5.41, 5.74) is 2.49. The van der Waals surface area contributed by atoms with Crippen molar-refractivity contribution in [2.24, 2.45) is 5.92 Å². The van der Waals surface area contributed by atoms with Crippen LogP contribution in [0.5, 0.6) is 0 Å². The fourth-order valence-electron chi connectivity index (χ4n) is 3.65. The minimum absolute atomic E-state index is 0.00801. The largest absolute Gasteiger partial charge is 0.345 e. The lowest BCUT2D eigenvalue weighted by Gasteiger charge is -2.30. The zero-order valence-corrected chi connectivity index (χ0v) is 12.3. The average molecular weight is 272 g/mol. The van der Waals surface area contributed by atoms with Crippen molar-refractivity contribution in [3.8, 4) is 0 Å². The van der Waals surface area contributed by atoms with Gasteiger partial charge in [-0.1, -0.05) is 37.1 Å². The lowest BCUT2D eigenvalue weighted by atomic mass is 9.89. The van der Waals surface area contributed by atoms with E-state index >= 15 is 0 Å². The summed E-state index contributed by atoms with van der Waals surface area (Å²) in [5, 5.41) is 3.37. The first-order valence-electron chi connectivity index (χ1n) is 7.79. The van der Waals surface area contributed by atoms with Crippen LogP contribution in [0, 0.1) is 5.92 Å². The zero-order valence-electron chi connectivity index (χ0n) is 12.3. The molecule has 1 aliphatic carbocycles. The molecule has 1 unspecified atom stereocenters. The molecule has 1 aromatic rings. The van der Waals surface area contributed by atoms with Crippen molar-refractivity contribution in [1.29, 1.82) is 0 Å². The number of likely N-dealkylation sites (N-methyl/N-ethyl adjacent to an activating group) is 1. The number of fused-ring (bicyclic) bond motifs is 1. The maximum Gasteiger partial charge on any atom is 0.231 e. The molecule has 1 heterocycles. The monoisotopic (exact) mass is 272 g/mol. The fraction of sp³-hybridized carbons (Fsp3) is 0.588. The third kappa shape index (κ3) is 2.73. The molecule has 3 nitrogen and oxygen atoms in total. The summed E-state index contributed by atoms with van der Waals surface area (Å²) < 4.78 is 0. The highest BCUT2D eigenvalue weighted by atomic mass is 16.2. The van der Waals surface area contributed by atoms with E-state index in [4.69, 9.17) is 0 Å². The SMILES string of the molecule is CN(CC1CCCC1)C(=O)C1CNCc2ccccc21. The lowest BCUT2D eigenvalue weighted by Crippen LogP contribution is -2.41. The molecule has 0 aromatic heterocycles. The first-order chi connectivity index (χ1) is 9.75. The molecule has 2 aliphatic rings. The predicted octanol–water partition coefficient (Wildman–Crippen LogP) is 2.52. The molecule has 1 fully saturated rings. The lowest BCUT2D eigenvalue weighted by molar-refractivity contribution is -0.132. The van der Waals surface area contributed by atoms with Crippen LogP contribution in [0.25, 0.3) is 0 Å². The number of nitrogens with zero attached hydrogens (tertiary/aromatic N) is 1. The van der Waals surface area contributed by atoms with Crippen molar-refractivity contribution in [1.82, 2.24) is 10.2 Å². The van der Waals surface area contributed by atoms with Crippen LogP contribution in [0.2, 0.25) is 0 Å². The number of nitrogens with one attached hydrogen (secondary N) is 1. The van der Waals surface area contributed by atoms with Crippen LogP contribution < -0.4 is 5.32 Å². The summed E-state index contributed by atoms with van der Waals surface area (Å²) in [6.45, 7) is 2.58. The summed E-state index contributed by atoms with van der Waals surface area (Å²) in [6, 6.07) is 8.33. The van der Waals surface area contributed by atoms with Crippen LogP contribution >= 0.6 is 0 Å². The number of hydrogen-bond acceptors (Lipinski definition) is 2. The van der Waals surface area contributed by atoms with E-state index in [-0.39, 0.29) is 11.8 Å². The van der Waals surface area contributed by atoms with Crippen LogP contribution in [-0.4, -0.2) is 30.9 Å². The Morgan fingerprint density at radius 1 is 1.30 bits per heavy atom. The topological polar surface area (TPSA) is 32.3 Å². The van der Waals surface area contributed by atoms with Gasteiger partial charge in [-0.3, -0.25) is 4.79 Å². The van der Waals surface area contributed by atoms with Crippen molar-refractivity contribution in [2.45, 2.75) is 38.1 Å². The van der Waals surface area contributed by atoms with Crippen molar-refractivity contribution < 1.29 is 4.79 Å². The molecule has 0 bridgehead atoms. The van der Waals surface area contributed by atoms with Gasteiger partial charge in [0.25, 0.3) is 0 Å². The van der Waals surface area contributed by atoms with E-state index in [0.29, 0.717) is 0 Å². The van der Waals surface area contributed by atoms with E-state index < -0.39 is 0 Å². The Hall–Kier alpha value is -1.35. The summed E-state index contributed by atoms with van der Waals surface area (Å²) in [7, 11) is 1.97. The highest BCUT2D eigenvalue weighted by molar-refractivity contribution is 5.84. The zero-order chi connectivity index (χ0) is 13.9. The van der Waals surface area contributed by atoms with Gasteiger partial charge in [0, 0.05) is 26.7 Å². The molecule has 0 spiro atoms. The van der Waals surface area contributed by atoms with Crippen molar-refractivity contribution in [3.63, 3.8) is 0 Å². The molecule has 1 amide bonds. The molecule has 1 aliphatic heterocycles. The Kier molecular flexibility index (Phi) is 4.06. The standard InChI is InChI=1S/C17H24N2O/c1-19(12-13-6-2-3-7-13)17(20)16-11-18-10-14-8-4-5-9-15(14)16/h4-5,8-9,13,16,18H,2-3,6-7,10-12H2,1H3. The molecule has 1 N–H and O–H groups in total. The summed E-state index contributed by atoms with van der Waals surface area (Å²) in [6.07, 6.45) is 5.25. The summed E-state index contributed by atoms with van der Waals surface area (Å²) in [4.78, 5) is 14.7. The van der Waals surface area contributed by atoms with E-state index in [1.54, 1.807) is 0 Å². The first kappa shape index (κ1) is 13.6. The van der Waals surface area contributed by atoms with Crippen molar-refractivity contribution in [3.05, 3.63) is 35.4 Å². The van der Waals surface area contributed by atoms with Gasteiger partial charge in [0.2, 0.25) is 5.91 Å². The predicted molar refractivity (Wildman–Crippen MR) is 80.5 cm³/mol. The Bertz CT molecular complexity index is 480. The van der Waals surface area contributed by atoms with Crippen LogP contribution in [0.4, 0.5) is 0 Å². The third-order valence-corrected chi connectivity index (χ3v) is 4.78. The minimum Gasteiger partial charge on any atom is -0.345 e. The molecule has 108 valence electrons. The molecule has 3 rings (SSSR count). The number of benzene rings is 1. The number of rotatable bonds is 3. The van der Waals surface area contributed by atoms with E-state index in [1.807, 2.05) is 18.0 Å². The van der Waals surface area contributed by atoms with Crippen LogP contribution in [0.3, 0.4) is 0 Å². The molecule has 1 atom stereocenters. The van der Waals surface area contributed by atoms with E-state index in [1.165, 1.54) is 36.8 Å². The number of carbonyl (C=O) groups excluding carboxylic acids is 1. The number of hydrogen-bond donors (Lipinski definition) is 1. The van der Waals surface area contributed by atoms with Gasteiger partial charge < -0.3 is 10.2 Å². The van der Waals surface area contributed by atoms with Gasteiger partial charge >= 0.3 is 0 Å². The average Bonchev–Trinajstić information content (AvgIpc) is 2.99. The Morgan fingerprint density at radius 2 is 2.05 bits per heavy atom. The van der Waals surface area contributed by atoms with Crippen molar-refractivity contribution >= 4 is 5.91 Å². The third-order valence-electron chi connectivity index (χ3n) is 4.78. The van der Waals surface area contributed by atoms with Crippen LogP contribution in [-0.2, 0) is 11.3 Å². The van der Waals surface area contributed by atoms with E-state index in [2.05, 4.69) is 23.5 Å². The quantitative estimate of drug-likeness (QED) is 0.917. The second-order valence-electron chi connectivity index (χ2n) is 6.25. The summed E-state index contributed by atoms with van der Waals surface area (Å²) in [5.74, 6) is 0.985. The highest BCUT2D eigenvalue weighted by Gasteiger charge is 2.29. The normalized spacial score (nSPS) is 22.6. The maximum absolute atomic E-state index is 12.7. The fourth-order valence-corrected chi connectivity index (χ4v) is 3.65. The molecule has 1 saturated carbocycles. The second-order valence-corrected chi connectivity index (χ2v) is 6.25. The number of carbonyl (C=O) groups is 1. The Balaban J connectivity index is 1.70. The molecular formula is C17H24N2O. The minimum atomic E-state index is -0.00801. The first-order valence-corrected chi connectivity index (χ1v) is 7.79. The molecule has 1 aromatic carbocycles. The Labute approximate surface area is 121 Å². The molecular weight excluding hydrogens is 248 g/mol. The molecule has 3 heteroatoms. The van der Waals surface area contributed by atoms with E-state index in [0.717, 1.165) is 25.6 Å². The summed E-state index contributed by atoms with van der Waals surface area (Å²) >= 11 is 0. The van der Waals surface area contributed by atoms with Crippen molar-refractivity contribution in [2.75, 3.05) is 20.1 Å². The van der Waals surface area contributed by atoms with Gasteiger partial charge in [-0.2, -0.15) is 0 Å². The van der Waals surface area contributed by atoms with Gasteiger partial charge in [-0.15, -0.1) is 0 Å². The van der Waals surface area contributed by atoms with Gasteiger partial charge in [0.15, 0.2) is 0 Å².